The normalized spacial score (nSPS) is 14.1. The van der Waals surface area contributed by atoms with E-state index in [-0.39, 0.29) is 12.4 Å². The Balaban J connectivity index is 1.58. The first-order chi connectivity index (χ1) is 11.1. The van der Waals surface area contributed by atoms with Gasteiger partial charge in [-0.25, -0.2) is 9.18 Å². The lowest BCUT2D eigenvalue weighted by Gasteiger charge is -2.18. The first-order valence-corrected chi connectivity index (χ1v) is 7.56. The number of aryl methyl sites for hydroxylation is 1. The number of nitrogens with one attached hydrogen (secondary N) is 2. The largest absolute Gasteiger partial charge is 0.369 e. The van der Waals surface area contributed by atoms with E-state index in [2.05, 4.69) is 20.8 Å². The van der Waals surface area contributed by atoms with Crippen molar-refractivity contribution >= 4 is 17.4 Å². The van der Waals surface area contributed by atoms with Crippen LogP contribution in [0.5, 0.6) is 0 Å². The quantitative estimate of drug-likeness (QED) is 0.902. The van der Waals surface area contributed by atoms with E-state index in [4.69, 9.17) is 0 Å². The Hall–Kier alpha value is -2.64. The van der Waals surface area contributed by atoms with Gasteiger partial charge in [0.05, 0.1) is 12.2 Å². The lowest BCUT2D eigenvalue weighted by Crippen LogP contribution is -2.29. The van der Waals surface area contributed by atoms with Crippen molar-refractivity contribution in [2.45, 2.75) is 19.4 Å². The van der Waals surface area contributed by atoms with Gasteiger partial charge in [0, 0.05) is 25.8 Å². The molecule has 0 bridgehead atoms. The number of rotatable bonds is 4. The van der Waals surface area contributed by atoms with Crippen molar-refractivity contribution in [3.63, 3.8) is 0 Å². The molecule has 1 saturated heterocycles. The second kappa shape index (κ2) is 6.64. The van der Waals surface area contributed by atoms with E-state index in [1.807, 2.05) is 4.90 Å². The summed E-state index contributed by atoms with van der Waals surface area (Å²) in [4.78, 5) is 13.9. The van der Waals surface area contributed by atoms with Crippen LogP contribution in [0.2, 0.25) is 0 Å². The first kappa shape index (κ1) is 15.3. The Bertz CT molecular complexity index is 695. The van der Waals surface area contributed by atoms with Gasteiger partial charge in [0.25, 0.3) is 0 Å². The Kier molecular flexibility index (Phi) is 4.40. The number of nitrogens with zero attached hydrogens (tertiary/aromatic N) is 4. The fraction of sp³-hybridized carbons (Fsp3) is 0.400. The van der Waals surface area contributed by atoms with Crippen LogP contribution in [0.25, 0.3) is 0 Å². The fourth-order valence-corrected chi connectivity index (χ4v) is 2.60. The zero-order chi connectivity index (χ0) is 16.2. The molecule has 122 valence electrons. The Morgan fingerprint density at radius 2 is 2.13 bits per heavy atom. The van der Waals surface area contributed by atoms with Crippen LogP contribution < -0.4 is 15.5 Å². The second-order valence-electron chi connectivity index (χ2n) is 5.53. The molecule has 0 radical (unpaired) electrons. The first-order valence-electron chi connectivity index (χ1n) is 7.56. The number of carbonyl (C=O) groups excluding carboxylic acids is 1. The van der Waals surface area contributed by atoms with E-state index < -0.39 is 6.03 Å². The van der Waals surface area contributed by atoms with Crippen LogP contribution in [0.1, 0.15) is 18.7 Å². The predicted molar refractivity (Wildman–Crippen MR) is 84.7 cm³/mol. The molecule has 0 atom stereocenters. The molecule has 2 heterocycles. The summed E-state index contributed by atoms with van der Waals surface area (Å²) < 4.78 is 15.9. The summed E-state index contributed by atoms with van der Waals surface area (Å²) in [5.74, 6) is 0.314. The van der Waals surface area contributed by atoms with Crippen LogP contribution in [0.15, 0.2) is 24.5 Å². The molecule has 2 aromatic rings. The molecule has 3 rings (SSSR count). The number of carbonyl (C=O) groups is 1. The highest BCUT2D eigenvalue weighted by atomic mass is 19.1. The molecule has 7 nitrogen and oxygen atoms in total. The van der Waals surface area contributed by atoms with Gasteiger partial charge in [0.1, 0.15) is 12.1 Å². The third kappa shape index (κ3) is 3.58. The number of hydrogen-bond acceptors (Lipinski definition) is 4. The molecular weight excluding hydrogens is 299 g/mol. The number of urea groups is 1. The van der Waals surface area contributed by atoms with Crippen LogP contribution in [0.4, 0.5) is 20.6 Å². The van der Waals surface area contributed by atoms with Crippen molar-refractivity contribution < 1.29 is 9.18 Å². The van der Waals surface area contributed by atoms with E-state index in [1.165, 1.54) is 6.07 Å². The predicted octanol–water partition coefficient (Wildman–Crippen LogP) is 1.88. The van der Waals surface area contributed by atoms with E-state index >= 15 is 0 Å². The lowest BCUT2D eigenvalue weighted by molar-refractivity contribution is 0.251. The second-order valence-corrected chi connectivity index (χ2v) is 5.53. The average molecular weight is 318 g/mol. The highest BCUT2D eigenvalue weighted by Crippen LogP contribution is 2.25. The van der Waals surface area contributed by atoms with Crippen molar-refractivity contribution in [3.05, 3.63) is 36.2 Å². The Labute approximate surface area is 133 Å². The molecule has 1 aliphatic rings. The molecule has 23 heavy (non-hydrogen) atoms. The van der Waals surface area contributed by atoms with Gasteiger partial charge < -0.3 is 20.1 Å². The third-order valence-electron chi connectivity index (χ3n) is 3.86. The summed E-state index contributed by atoms with van der Waals surface area (Å²) in [6.07, 6.45) is 3.73. The Morgan fingerprint density at radius 1 is 1.35 bits per heavy atom. The zero-order valence-electron chi connectivity index (χ0n) is 12.9. The maximum absolute atomic E-state index is 14.2. The van der Waals surface area contributed by atoms with Crippen LogP contribution in [0.3, 0.4) is 0 Å². The van der Waals surface area contributed by atoms with Gasteiger partial charge in [0.15, 0.2) is 5.82 Å². The average Bonchev–Trinajstić information content (AvgIpc) is 3.17. The summed E-state index contributed by atoms with van der Waals surface area (Å²) in [5.41, 5.74) is 1.01. The van der Waals surface area contributed by atoms with Gasteiger partial charge in [-0.05, 0) is 31.0 Å². The molecule has 0 saturated carbocycles. The van der Waals surface area contributed by atoms with Crippen LogP contribution in [0, 0.1) is 5.82 Å². The molecule has 1 aromatic heterocycles. The number of amides is 2. The van der Waals surface area contributed by atoms with E-state index in [0.717, 1.165) is 25.9 Å². The number of hydrogen-bond donors (Lipinski definition) is 2. The highest BCUT2D eigenvalue weighted by Gasteiger charge is 2.16. The molecular formula is C15H19FN6O. The molecule has 8 heteroatoms. The Morgan fingerprint density at radius 3 is 2.78 bits per heavy atom. The van der Waals surface area contributed by atoms with Gasteiger partial charge in [-0.2, -0.15) is 0 Å². The number of aromatic nitrogens is 3. The topological polar surface area (TPSA) is 75.1 Å². The standard InChI is InChI=1S/C15H19FN6O/c1-21-10-18-20-14(21)9-17-15(23)19-11-4-5-13(12(16)8-11)22-6-2-3-7-22/h4-5,8,10H,2-3,6-7,9H2,1H3,(H2,17,19,23). The minimum atomic E-state index is -0.415. The molecule has 2 N–H and O–H groups in total. The van der Waals surface area contributed by atoms with Crippen molar-refractivity contribution in [2.75, 3.05) is 23.3 Å². The van der Waals surface area contributed by atoms with Crippen molar-refractivity contribution in [1.29, 1.82) is 0 Å². The number of benzene rings is 1. The van der Waals surface area contributed by atoms with Crippen LogP contribution >= 0.6 is 0 Å². The summed E-state index contributed by atoms with van der Waals surface area (Å²) in [7, 11) is 1.79. The molecule has 2 amide bonds. The van der Waals surface area contributed by atoms with Gasteiger partial charge in [-0.3, -0.25) is 0 Å². The van der Waals surface area contributed by atoms with Crippen LogP contribution in [-0.4, -0.2) is 33.9 Å². The molecule has 0 spiro atoms. The maximum atomic E-state index is 14.2. The number of halogens is 1. The zero-order valence-corrected chi connectivity index (χ0v) is 12.9. The smallest absolute Gasteiger partial charge is 0.319 e. The third-order valence-corrected chi connectivity index (χ3v) is 3.86. The SMILES string of the molecule is Cn1cnnc1CNC(=O)Nc1ccc(N2CCCC2)c(F)c1. The molecule has 1 aliphatic heterocycles. The minimum absolute atomic E-state index is 0.247. The fourth-order valence-electron chi connectivity index (χ4n) is 2.60. The maximum Gasteiger partial charge on any atom is 0.319 e. The van der Waals surface area contributed by atoms with E-state index in [0.29, 0.717) is 17.2 Å². The van der Waals surface area contributed by atoms with Crippen LogP contribution in [-0.2, 0) is 13.6 Å². The van der Waals surface area contributed by atoms with Crippen molar-refractivity contribution in [1.82, 2.24) is 20.1 Å². The van der Waals surface area contributed by atoms with Crippen molar-refractivity contribution in [3.8, 4) is 0 Å². The monoisotopic (exact) mass is 318 g/mol. The van der Waals surface area contributed by atoms with Crippen molar-refractivity contribution in [2.24, 2.45) is 7.05 Å². The van der Waals surface area contributed by atoms with Gasteiger partial charge in [-0.15, -0.1) is 10.2 Å². The summed E-state index contributed by atoms with van der Waals surface area (Å²) in [6.45, 7) is 2.00. The van der Waals surface area contributed by atoms with E-state index in [9.17, 15) is 9.18 Å². The summed E-state index contributed by atoms with van der Waals surface area (Å²) in [6, 6.07) is 4.34. The summed E-state index contributed by atoms with van der Waals surface area (Å²) >= 11 is 0. The molecule has 1 fully saturated rings. The number of anilines is 2. The lowest BCUT2D eigenvalue weighted by atomic mass is 10.2. The minimum Gasteiger partial charge on any atom is -0.369 e. The van der Waals surface area contributed by atoms with Gasteiger partial charge in [-0.1, -0.05) is 0 Å². The highest BCUT2D eigenvalue weighted by molar-refractivity contribution is 5.89. The van der Waals surface area contributed by atoms with Gasteiger partial charge >= 0.3 is 6.03 Å². The van der Waals surface area contributed by atoms with Gasteiger partial charge in [0.2, 0.25) is 0 Å². The van der Waals surface area contributed by atoms with E-state index in [1.54, 1.807) is 30.1 Å². The molecule has 0 unspecified atom stereocenters. The molecule has 1 aromatic carbocycles. The summed E-state index contributed by atoms with van der Waals surface area (Å²) in [5, 5.41) is 12.9. The molecule has 0 aliphatic carbocycles.